The maximum Gasteiger partial charge on any atom is -0.0159 e. The Morgan fingerprint density at radius 3 is 2.59 bits per heavy atom. The van der Waals surface area contributed by atoms with Gasteiger partial charge >= 0.3 is 0 Å². The lowest BCUT2D eigenvalue weighted by atomic mass is 9.93. The van der Waals surface area contributed by atoms with Gasteiger partial charge in [0.2, 0.25) is 0 Å². The zero-order valence-corrected chi connectivity index (χ0v) is 10.5. The molecule has 0 N–H and O–H groups in total. The molecule has 0 aromatic heterocycles. The molecule has 0 amide bonds. The minimum Gasteiger partial charge on any atom is -0.0651 e. The Hall–Kier alpha value is -1.30. The molecule has 2 unspecified atom stereocenters. The lowest BCUT2D eigenvalue weighted by molar-refractivity contribution is 0.521. The van der Waals surface area contributed by atoms with Gasteiger partial charge in [0.05, 0.1) is 0 Å². The molecule has 1 saturated carbocycles. The van der Waals surface area contributed by atoms with Crippen LogP contribution in [0.4, 0.5) is 0 Å². The number of benzene rings is 2. The van der Waals surface area contributed by atoms with Crippen LogP contribution in [0, 0.1) is 5.92 Å². The van der Waals surface area contributed by atoms with E-state index in [0.29, 0.717) is 0 Å². The van der Waals surface area contributed by atoms with Crippen LogP contribution in [-0.4, -0.2) is 0 Å². The second-order valence-electron chi connectivity index (χ2n) is 5.39. The number of rotatable bonds is 2. The van der Waals surface area contributed by atoms with E-state index in [9.17, 15) is 0 Å². The van der Waals surface area contributed by atoms with E-state index in [1.54, 1.807) is 5.56 Å². The molecule has 0 bridgehead atoms. The first-order valence-corrected chi connectivity index (χ1v) is 6.85. The molecule has 0 nitrogen and oxygen atoms in total. The molecular weight excluding hydrogens is 204 g/mol. The van der Waals surface area contributed by atoms with Crippen molar-refractivity contribution in [2.45, 2.75) is 38.5 Å². The summed E-state index contributed by atoms with van der Waals surface area (Å²) in [5, 5.41) is 2.76. The van der Waals surface area contributed by atoms with Crippen molar-refractivity contribution >= 4 is 10.8 Å². The van der Waals surface area contributed by atoms with Gasteiger partial charge in [0.25, 0.3) is 0 Å². The monoisotopic (exact) mass is 224 g/mol. The van der Waals surface area contributed by atoms with Crippen molar-refractivity contribution in [1.29, 1.82) is 0 Å². The van der Waals surface area contributed by atoms with E-state index in [1.807, 2.05) is 0 Å². The molecule has 0 aliphatic heterocycles. The molecule has 1 aliphatic carbocycles. The van der Waals surface area contributed by atoms with Crippen LogP contribution < -0.4 is 0 Å². The Balaban J connectivity index is 1.91. The van der Waals surface area contributed by atoms with E-state index >= 15 is 0 Å². The van der Waals surface area contributed by atoms with Crippen molar-refractivity contribution in [1.82, 2.24) is 0 Å². The minimum absolute atomic E-state index is 0.810. The average Bonchev–Trinajstić information content (AvgIpc) is 2.87. The van der Waals surface area contributed by atoms with E-state index in [4.69, 9.17) is 0 Å². The molecule has 2 aromatic carbocycles. The predicted octanol–water partition coefficient (Wildman–Crippen LogP) is 5.13. The van der Waals surface area contributed by atoms with Gasteiger partial charge in [0.15, 0.2) is 0 Å². The summed E-state index contributed by atoms with van der Waals surface area (Å²) in [5.74, 6) is 1.77. The largest absolute Gasteiger partial charge is 0.0651 e. The average molecular weight is 224 g/mol. The minimum atomic E-state index is 0.810. The maximum absolute atomic E-state index is 2.40. The molecule has 17 heavy (non-hydrogen) atoms. The van der Waals surface area contributed by atoms with Gasteiger partial charge in [-0.3, -0.25) is 0 Å². The van der Waals surface area contributed by atoms with Gasteiger partial charge in [-0.1, -0.05) is 55.8 Å². The van der Waals surface area contributed by atoms with E-state index in [-0.39, 0.29) is 0 Å². The van der Waals surface area contributed by atoms with Crippen molar-refractivity contribution in [3.05, 3.63) is 48.0 Å². The molecular formula is C17H20. The highest BCUT2D eigenvalue weighted by Crippen LogP contribution is 2.40. The van der Waals surface area contributed by atoms with Crippen molar-refractivity contribution < 1.29 is 0 Å². The molecule has 0 radical (unpaired) electrons. The van der Waals surface area contributed by atoms with E-state index < -0.39 is 0 Å². The first-order chi connectivity index (χ1) is 8.36. The van der Waals surface area contributed by atoms with Crippen LogP contribution in [0.25, 0.3) is 10.8 Å². The molecule has 0 spiro atoms. The summed E-state index contributed by atoms with van der Waals surface area (Å²) in [6, 6.07) is 15.7. The normalized spacial score (nSPS) is 24.3. The zero-order valence-electron chi connectivity index (χ0n) is 10.5. The highest BCUT2D eigenvalue weighted by atomic mass is 14.3. The summed E-state index contributed by atoms with van der Waals surface area (Å²) in [6.07, 6.45) is 5.56. The molecule has 2 aromatic rings. The highest BCUT2D eigenvalue weighted by molar-refractivity contribution is 5.83. The standard InChI is InChI=1S/C17H20/c1-2-13-7-8-16(11-13)17-10-9-14-5-3-4-6-15(14)12-17/h3-6,9-10,12-13,16H,2,7-8,11H2,1H3. The fourth-order valence-electron chi connectivity index (χ4n) is 3.21. The number of hydrogen-bond donors (Lipinski definition) is 0. The van der Waals surface area contributed by atoms with Crippen LogP contribution in [0.2, 0.25) is 0 Å². The first-order valence-electron chi connectivity index (χ1n) is 6.85. The van der Waals surface area contributed by atoms with Crippen molar-refractivity contribution in [3.63, 3.8) is 0 Å². The molecule has 0 saturated heterocycles. The number of fused-ring (bicyclic) bond motifs is 1. The van der Waals surface area contributed by atoms with Gasteiger partial charge in [-0.2, -0.15) is 0 Å². The first kappa shape index (κ1) is 10.8. The third-order valence-corrected chi connectivity index (χ3v) is 4.36. The van der Waals surface area contributed by atoms with Crippen molar-refractivity contribution in [2.24, 2.45) is 5.92 Å². The van der Waals surface area contributed by atoms with Crippen LogP contribution in [0.1, 0.15) is 44.1 Å². The predicted molar refractivity (Wildman–Crippen MR) is 74.3 cm³/mol. The summed E-state index contributed by atoms with van der Waals surface area (Å²) in [6.45, 7) is 2.33. The summed E-state index contributed by atoms with van der Waals surface area (Å²) in [4.78, 5) is 0. The smallest absolute Gasteiger partial charge is 0.0159 e. The Morgan fingerprint density at radius 1 is 1.00 bits per heavy atom. The second-order valence-corrected chi connectivity index (χ2v) is 5.39. The van der Waals surface area contributed by atoms with Crippen LogP contribution >= 0.6 is 0 Å². The Morgan fingerprint density at radius 2 is 1.82 bits per heavy atom. The van der Waals surface area contributed by atoms with E-state index in [1.165, 1.54) is 36.5 Å². The molecule has 3 rings (SSSR count). The highest BCUT2D eigenvalue weighted by Gasteiger charge is 2.24. The maximum atomic E-state index is 2.40. The SMILES string of the molecule is CCC1CCC(c2ccc3ccccc3c2)C1. The van der Waals surface area contributed by atoms with Crippen molar-refractivity contribution in [3.8, 4) is 0 Å². The molecule has 88 valence electrons. The van der Waals surface area contributed by atoms with Gasteiger partial charge in [0, 0.05) is 0 Å². The lowest BCUT2D eigenvalue weighted by Crippen LogP contribution is -1.94. The van der Waals surface area contributed by atoms with Crippen molar-refractivity contribution in [2.75, 3.05) is 0 Å². The van der Waals surface area contributed by atoms with Gasteiger partial charge in [-0.05, 0) is 47.4 Å². The van der Waals surface area contributed by atoms with Gasteiger partial charge in [0.1, 0.15) is 0 Å². The fraction of sp³-hybridized carbons (Fsp3) is 0.412. The van der Waals surface area contributed by atoms with Gasteiger partial charge in [-0.15, -0.1) is 0 Å². The van der Waals surface area contributed by atoms with E-state index in [0.717, 1.165) is 11.8 Å². The molecule has 1 aliphatic rings. The van der Waals surface area contributed by atoms with E-state index in [2.05, 4.69) is 49.4 Å². The Bertz CT molecular complexity index is 512. The van der Waals surface area contributed by atoms with Gasteiger partial charge < -0.3 is 0 Å². The second kappa shape index (κ2) is 4.52. The molecule has 1 fully saturated rings. The van der Waals surface area contributed by atoms with Crippen LogP contribution in [-0.2, 0) is 0 Å². The van der Waals surface area contributed by atoms with Crippen LogP contribution in [0.3, 0.4) is 0 Å². The van der Waals surface area contributed by atoms with Crippen LogP contribution in [0.15, 0.2) is 42.5 Å². The summed E-state index contributed by atoms with van der Waals surface area (Å²) in [5.41, 5.74) is 1.56. The summed E-state index contributed by atoms with van der Waals surface area (Å²) >= 11 is 0. The third-order valence-electron chi connectivity index (χ3n) is 4.36. The Kier molecular flexibility index (Phi) is 2.88. The summed E-state index contributed by atoms with van der Waals surface area (Å²) in [7, 11) is 0. The fourth-order valence-corrected chi connectivity index (χ4v) is 3.21. The number of hydrogen-bond acceptors (Lipinski definition) is 0. The lowest BCUT2D eigenvalue weighted by Gasteiger charge is -2.11. The topological polar surface area (TPSA) is 0 Å². The molecule has 2 atom stereocenters. The molecule has 0 heteroatoms. The van der Waals surface area contributed by atoms with Crippen LogP contribution in [0.5, 0.6) is 0 Å². The summed E-state index contributed by atoms with van der Waals surface area (Å²) < 4.78 is 0. The zero-order chi connectivity index (χ0) is 11.7. The molecule has 0 heterocycles. The third kappa shape index (κ3) is 2.09. The van der Waals surface area contributed by atoms with Gasteiger partial charge in [-0.25, -0.2) is 0 Å². The quantitative estimate of drug-likeness (QED) is 0.663. The Labute approximate surface area is 104 Å².